The number of nitrogens with zero attached hydrogens (tertiary/aromatic N) is 1. The molecule has 0 bridgehead atoms. The normalized spacial score (nSPS) is 25.1. The molecule has 1 N–H and O–H groups in total. The summed E-state index contributed by atoms with van der Waals surface area (Å²) in [7, 11) is 0. The molecule has 0 amide bonds. The third kappa shape index (κ3) is 3.41. The first-order valence-electron chi connectivity index (χ1n) is 7.17. The van der Waals surface area contributed by atoms with Gasteiger partial charge in [-0.25, -0.2) is 9.78 Å². The van der Waals surface area contributed by atoms with E-state index in [4.69, 9.17) is 14.6 Å². The van der Waals surface area contributed by atoms with Crippen LogP contribution in [0.25, 0.3) is 0 Å². The van der Waals surface area contributed by atoms with Crippen molar-refractivity contribution >= 4 is 29.1 Å². The Kier molecular flexibility index (Phi) is 4.54. The van der Waals surface area contributed by atoms with Crippen molar-refractivity contribution in [3.63, 3.8) is 0 Å². The second kappa shape index (κ2) is 6.24. The van der Waals surface area contributed by atoms with E-state index in [2.05, 4.69) is 4.98 Å². The van der Waals surface area contributed by atoms with Crippen LogP contribution in [0.5, 0.6) is 0 Å². The molecule has 2 saturated heterocycles. The van der Waals surface area contributed by atoms with E-state index in [1.807, 2.05) is 0 Å². The number of thiazole rings is 1. The molecule has 5 nitrogen and oxygen atoms in total. The van der Waals surface area contributed by atoms with Gasteiger partial charge in [-0.15, -0.1) is 11.3 Å². The maximum Gasteiger partial charge on any atom is 0.347 e. The highest BCUT2D eigenvalue weighted by Gasteiger charge is 2.39. The highest BCUT2D eigenvalue weighted by Crippen LogP contribution is 2.42. The minimum Gasteiger partial charge on any atom is -0.477 e. The van der Waals surface area contributed by atoms with Gasteiger partial charge in [0.1, 0.15) is 4.88 Å². The van der Waals surface area contributed by atoms with Crippen molar-refractivity contribution in [3.8, 4) is 0 Å². The number of hydrogen-bond acceptors (Lipinski definition) is 6. The van der Waals surface area contributed by atoms with Crippen LogP contribution in [0, 0.1) is 6.92 Å². The van der Waals surface area contributed by atoms with Gasteiger partial charge in [0.05, 0.1) is 11.3 Å². The van der Waals surface area contributed by atoms with E-state index in [-0.39, 0.29) is 5.60 Å². The molecule has 1 spiro atoms. The Balaban J connectivity index is 1.67. The molecule has 21 heavy (non-hydrogen) atoms. The van der Waals surface area contributed by atoms with E-state index in [1.54, 1.807) is 18.7 Å². The third-order valence-corrected chi connectivity index (χ3v) is 6.60. The summed E-state index contributed by atoms with van der Waals surface area (Å²) < 4.78 is 12.3. The second-order valence-electron chi connectivity index (χ2n) is 5.58. The molecular formula is C14H19NO4S2. The van der Waals surface area contributed by atoms with E-state index in [9.17, 15) is 4.79 Å². The SMILES string of the molecule is Cc1nc(SC2CCOC3(CCOCC3)C2)sc1C(=O)O. The molecule has 0 aromatic carbocycles. The van der Waals surface area contributed by atoms with Crippen LogP contribution in [0.4, 0.5) is 0 Å². The molecule has 1 aromatic rings. The molecule has 116 valence electrons. The average molecular weight is 329 g/mol. The summed E-state index contributed by atoms with van der Waals surface area (Å²) >= 11 is 2.99. The monoisotopic (exact) mass is 329 g/mol. The summed E-state index contributed by atoms with van der Waals surface area (Å²) in [6, 6.07) is 0. The van der Waals surface area contributed by atoms with Crippen LogP contribution in [-0.4, -0.2) is 46.7 Å². The van der Waals surface area contributed by atoms with Gasteiger partial charge in [0.2, 0.25) is 0 Å². The number of hydrogen-bond donors (Lipinski definition) is 1. The summed E-state index contributed by atoms with van der Waals surface area (Å²) in [5.41, 5.74) is 0.582. The zero-order valence-corrected chi connectivity index (χ0v) is 13.6. The van der Waals surface area contributed by atoms with Crippen molar-refractivity contribution in [1.29, 1.82) is 0 Å². The van der Waals surface area contributed by atoms with Crippen LogP contribution in [-0.2, 0) is 9.47 Å². The van der Waals surface area contributed by atoms with Crippen LogP contribution in [0.2, 0.25) is 0 Å². The number of aryl methyl sites for hydroxylation is 1. The molecule has 2 aliphatic heterocycles. The Morgan fingerprint density at radius 1 is 1.43 bits per heavy atom. The molecule has 1 aromatic heterocycles. The number of rotatable bonds is 3. The molecule has 7 heteroatoms. The number of aromatic carboxylic acids is 1. The summed E-state index contributed by atoms with van der Waals surface area (Å²) in [6.45, 7) is 4.08. The number of carbonyl (C=O) groups is 1. The van der Waals surface area contributed by atoms with Crippen LogP contribution < -0.4 is 0 Å². The van der Waals surface area contributed by atoms with Crippen LogP contribution in [0.15, 0.2) is 4.34 Å². The Morgan fingerprint density at radius 3 is 2.86 bits per heavy atom. The Labute approximate surface area is 132 Å². The largest absolute Gasteiger partial charge is 0.477 e. The van der Waals surface area contributed by atoms with Crippen molar-refractivity contribution < 1.29 is 19.4 Å². The van der Waals surface area contributed by atoms with Crippen molar-refractivity contribution in [3.05, 3.63) is 10.6 Å². The summed E-state index contributed by atoms with van der Waals surface area (Å²) in [5, 5.41) is 9.56. The van der Waals surface area contributed by atoms with E-state index in [0.29, 0.717) is 15.8 Å². The van der Waals surface area contributed by atoms with Crippen LogP contribution >= 0.6 is 23.1 Å². The molecule has 2 fully saturated rings. The first kappa shape index (κ1) is 15.3. The van der Waals surface area contributed by atoms with Gasteiger partial charge in [-0.3, -0.25) is 0 Å². The van der Waals surface area contributed by atoms with Gasteiger partial charge in [-0.05, 0) is 32.6 Å². The molecule has 0 radical (unpaired) electrons. The lowest BCUT2D eigenvalue weighted by Crippen LogP contribution is -2.45. The minimum atomic E-state index is -0.885. The molecule has 0 saturated carbocycles. The smallest absolute Gasteiger partial charge is 0.347 e. The maximum absolute atomic E-state index is 11.1. The zero-order chi connectivity index (χ0) is 14.9. The van der Waals surface area contributed by atoms with Crippen LogP contribution in [0.3, 0.4) is 0 Å². The summed E-state index contributed by atoms with van der Waals surface area (Å²) in [5.74, 6) is -0.885. The Morgan fingerprint density at radius 2 is 2.19 bits per heavy atom. The number of ether oxygens (including phenoxy) is 2. The Bertz CT molecular complexity index is 520. The topological polar surface area (TPSA) is 68.7 Å². The van der Waals surface area contributed by atoms with Gasteiger partial charge in [-0.1, -0.05) is 11.8 Å². The molecule has 3 rings (SSSR count). The lowest BCUT2D eigenvalue weighted by Gasteiger charge is -2.42. The van der Waals surface area contributed by atoms with Gasteiger partial charge in [0, 0.05) is 25.1 Å². The highest BCUT2D eigenvalue weighted by molar-refractivity contribution is 8.01. The van der Waals surface area contributed by atoms with E-state index >= 15 is 0 Å². The average Bonchev–Trinajstić information content (AvgIpc) is 2.80. The van der Waals surface area contributed by atoms with Crippen LogP contribution in [0.1, 0.15) is 41.0 Å². The lowest BCUT2D eigenvalue weighted by molar-refractivity contribution is -0.131. The van der Waals surface area contributed by atoms with E-state index in [1.165, 1.54) is 11.3 Å². The fraction of sp³-hybridized carbons (Fsp3) is 0.714. The predicted octanol–water partition coefficient (Wildman–Crippen LogP) is 2.97. The first-order chi connectivity index (χ1) is 10.1. The van der Waals surface area contributed by atoms with Crippen molar-refractivity contribution in [2.75, 3.05) is 19.8 Å². The maximum atomic E-state index is 11.1. The van der Waals surface area contributed by atoms with Gasteiger partial charge in [0.25, 0.3) is 0 Å². The lowest BCUT2D eigenvalue weighted by atomic mass is 9.86. The van der Waals surface area contributed by atoms with Gasteiger partial charge in [0.15, 0.2) is 4.34 Å². The zero-order valence-electron chi connectivity index (χ0n) is 12.0. The Hall–Kier alpha value is -0.630. The second-order valence-corrected chi connectivity index (χ2v) is 8.12. The molecule has 1 atom stereocenters. The van der Waals surface area contributed by atoms with Crippen molar-refractivity contribution in [1.82, 2.24) is 4.98 Å². The van der Waals surface area contributed by atoms with Gasteiger partial charge < -0.3 is 14.6 Å². The highest BCUT2D eigenvalue weighted by atomic mass is 32.2. The fourth-order valence-electron chi connectivity index (χ4n) is 2.94. The van der Waals surface area contributed by atoms with Gasteiger partial charge in [-0.2, -0.15) is 0 Å². The predicted molar refractivity (Wildman–Crippen MR) is 81.4 cm³/mol. The summed E-state index contributed by atoms with van der Waals surface area (Å²) in [4.78, 5) is 15.8. The van der Waals surface area contributed by atoms with Gasteiger partial charge >= 0.3 is 5.97 Å². The fourth-order valence-corrected chi connectivity index (χ4v) is 5.50. The first-order valence-corrected chi connectivity index (χ1v) is 8.87. The van der Waals surface area contributed by atoms with Crippen molar-refractivity contribution in [2.45, 2.75) is 47.8 Å². The molecule has 1 unspecified atom stereocenters. The van der Waals surface area contributed by atoms with E-state index in [0.717, 1.165) is 49.8 Å². The standard InChI is InChI=1S/C14H19NO4S2/c1-9-11(12(16)17)21-13(15-9)20-10-2-5-19-14(8-10)3-6-18-7-4-14/h10H,2-8H2,1H3,(H,16,17). The number of aromatic nitrogens is 1. The third-order valence-electron chi connectivity index (χ3n) is 4.09. The molecule has 2 aliphatic rings. The number of carboxylic acids is 1. The number of carboxylic acid groups (broad SMARTS) is 1. The van der Waals surface area contributed by atoms with E-state index < -0.39 is 5.97 Å². The molecule has 3 heterocycles. The molecular weight excluding hydrogens is 310 g/mol. The minimum absolute atomic E-state index is 0.0316. The molecule has 0 aliphatic carbocycles. The summed E-state index contributed by atoms with van der Waals surface area (Å²) in [6.07, 6.45) is 3.92. The van der Waals surface area contributed by atoms with Crippen molar-refractivity contribution in [2.24, 2.45) is 0 Å². The number of thioether (sulfide) groups is 1. The quantitative estimate of drug-likeness (QED) is 0.919.